The number of nitrogens with zero attached hydrogens (tertiary/aromatic N) is 2. The van der Waals surface area contributed by atoms with Crippen LogP contribution in [0.15, 0.2) is 24.3 Å². The van der Waals surface area contributed by atoms with Gasteiger partial charge in [-0.3, -0.25) is 9.59 Å². The van der Waals surface area contributed by atoms with Crippen LogP contribution in [0.1, 0.15) is 64.4 Å². The number of ether oxygens (including phenoxy) is 1. The molecule has 41 heavy (non-hydrogen) atoms. The van der Waals surface area contributed by atoms with Crippen molar-refractivity contribution in [3.05, 3.63) is 35.6 Å². The fourth-order valence-electron chi connectivity index (χ4n) is 6.57. The third-order valence-corrected chi connectivity index (χ3v) is 9.44. The van der Waals surface area contributed by atoms with Gasteiger partial charge in [0.2, 0.25) is 11.8 Å². The summed E-state index contributed by atoms with van der Waals surface area (Å²) in [6, 6.07) is 4.86. The zero-order valence-electron chi connectivity index (χ0n) is 24.8. The second-order valence-electron chi connectivity index (χ2n) is 12.8. The van der Waals surface area contributed by atoms with Crippen LogP contribution in [-0.2, 0) is 25.5 Å². The number of amides is 2. The summed E-state index contributed by atoms with van der Waals surface area (Å²) in [5.74, 6) is -1.26. The van der Waals surface area contributed by atoms with Gasteiger partial charge in [-0.15, -0.1) is 0 Å². The lowest BCUT2D eigenvalue weighted by Gasteiger charge is -2.49. The Labute approximate surface area is 243 Å². The van der Waals surface area contributed by atoms with Crippen LogP contribution in [-0.4, -0.2) is 96.8 Å². The molecule has 2 saturated heterocycles. The van der Waals surface area contributed by atoms with Gasteiger partial charge >= 0.3 is 5.97 Å². The van der Waals surface area contributed by atoms with Gasteiger partial charge in [0.25, 0.3) is 0 Å². The van der Waals surface area contributed by atoms with Crippen molar-refractivity contribution in [3.8, 4) is 0 Å². The predicted octanol–water partition coefficient (Wildman–Crippen LogP) is 2.83. The van der Waals surface area contributed by atoms with E-state index in [1.807, 2.05) is 11.9 Å². The lowest BCUT2D eigenvalue weighted by molar-refractivity contribution is -0.170. The van der Waals surface area contributed by atoms with Crippen molar-refractivity contribution < 1.29 is 28.6 Å². The van der Waals surface area contributed by atoms with E-state index in [1.165, 1.54) is 18.6 Å². The standard InChI is InChI=1S/C31H47FN4O5/c1-30(2,29(39)40)41-21-31(23-7-5-4-6-8-23)13-16-36(17-14-31)28(38)25(19-22-9-11-24(32)12-10-22)34-27(37)26-20-35(3)18-15-33-26/h9-12,23,25-26,33H,4-8,13-21H2,1-3H3,(H,34,37)(H,39,40)/t25-,26+/m1/s1. The molecule has 2 heterocycles. The number of likely N-dealkylation sites (tertiary alicyclic amines) is 1. The van der Waals surface area contributed by atoms with Crippen molar-refractivity contribution in [1.82, 2.24) is 20.4 Å². The Morgan fingerprint density at radius 3 is 2.39 bits per heavy atom. The van der Waals surface area contributed by atoms with Crippen LogP contribution in [0.3, 0.4) is 0 Å². The van der Waals surface area contributed by atoms with Crippen molar-refractivity contribution in [3.63, 3.8) is 0 Å². The Balaban J connectivity index is 1.48. The molecule has 1 aliphatic carbocycles. The van der Waals surface area contributed by atoms with Crippen LogP contribution in [0, 0.1) is 17.2 Å². The maximum atomic E-state index is 13.9. The average Bonchev–Trinajstić information content (AvgIpc) is 2.97. The third-order valence-electron chi connectivity index (χ3n) is 9.44. The van der Waals surface area contributed by atoms with E-state index < -0.39 is 23.7 Å². The first kappa shape index (κ1) is 31.4. The molecule has 2 aliphatic heterocycles. The van der Waals surface area contributed by atoms with E-state index in [0.717, 1.165) is 50.6 Å². The van der Waals surface area contributed by atoms with Gasteiger partial charge < -0.3 is 30.3 Å². The Morgan fingerprint density at radius 2 is 1.78 bits per heavy atom. The first-order chi connectivity index (χ1) is 19.5. The fraction of sp³-hybridized carbons (Fsp3) is 0.710. The average molecular weight is 575 g/mol. The molecule has 2 amide bonds. The van der Waals surface area contributed by atoms with E-state index >= 15 is 0 Å². The van der Waals surface area contributed by atoms with E-state index in [1.54, 1.807) is 26.0 Å². The van der Waals surface area contributed by atoms with Crippen LogP contribution in [0.5, 0.6) is 0 Å². The molecule has 0 radical (unpaired) electrons. The van der Waals surface area contributed by atoms with Crippen LogP contribution in [0.25, 0.3) is 0 Å². The first-order valence-electron chi connectivity index (χ1n) is 15.1. The molecule has 1 saturated carbocycles. The molecule has 1 aromatic carbocycles. The molecule has 0 bridgehead atoms. The summed E-state index contributed by atoms with van der Waals surface area (Å²) in [6.45, 7) is 6.68. The van der Waals surface area contributed by atoms with Crippen molar-refractivity contribution in [2.75, 3.05) is 46.4 Å². The Hall–Kier alpha value is -2.56. The lowest BCUT2D eigenvalue weighted by atomic mass is 9.64. The van der Waals surface area contributed by atoms with Gasteiger partial charge in [-0.05, 0) is 75.6 Å². The summed E-state index contributed by atoms with van der Waals surface area (Å²) >= 11 is 0. The summed E-state index contributed by atoms with van der Waals surface area (Å²) in [5, 5.41) is 15.9. The zero-order valence-corrected chi connectivity index (χ0v) is 24.8. The highest BCUT2D eigenvalue weighted by molar-refractivity contribution is 5.90. The minimum absolute atomic E-state index is 0.143. The Morgan fingerprint density at radius 1 is 1.12 bits per heavy atom. The van der Waals surface area contributed by atoms with E-state index in [-0.39, 0.29) is 29.5 Å². The van der Waals surface area contributed by atoms with Gasteiger partial charge in [0, 0.05) is 39.1 Å². The van der Waals surface area contributed by atoms with E-state index in [0.29, 0.717) is 38.7 Å². The van der Waals surface area contributed by atoms with Crippen LogP contribution in [0.4, 0.5) is 4.39 Å². The number of piperazine rings is 1. The van der Waals surface area contributed by atoms with Gasteiger partial charge in [-0.25, -0.2) is 9.18 Å². The monoisotopic (exact) mass is 574 g/mol. The summed E-state index contributed by atoms with van der Waals surface area (Å²) < 4.78 is 19.6. The smallest absolute Gasteiger partial charge is 0.335 e. The maximum Gasteiger partial charge on any atom is 0.335 e. The van der Waals surface area contributed by atoms with Gasteiger partial charge in [0.15, 0.2) is 5.60 Å². The number of halogens is 1. The number of aliphatic carboxylic acids is 1. The number of piperidine rings is 1. The third kappa shape index (κ3) is 8.05. The van der Waals surface area contributed by atoms with Crippen LogP contribution >= 0.6 is 0 Å². The lowest BCUT2D eigenvalue weighted by Crippen LogP contribution is -2.60. The first-order valence-corrected chi connectivity index (χ1v) is 15.1. The van der Waals surface area contributed by atoms with Crippen LogP contribution < -0.4 is 10.6 Å². The maximum absolute atomic E-state index is 13.9. The number of carbonyl (C=O) groups is 3. The number of hydrogen-bond acceptors (Lipinski definition) is 6. The van der Waals surface area contributed by atoms with Gasteiger partial charge in [-0.1, -0.05) is 31.4 Å². The summed E-state index contributed by atoms with van der Waals surface area (Å²) in [4.78, 5) is 42.8. The molecule has 2 atom stereocenters. The van der Waals surface area contributed by atoms with Crippen molar-refractivity contribution in [2.45, 2.75) is 82.9 Å². The predicted molar refractivity (Wildman–Crippen MR) is 154 cm³/mol. The topological polar surface area (TPSA) is 111 Å². The van der Waals surface area contributed by atoms with Crippen molar-refractivity contribution in [2.24, 2.45) is 11.3 Å². The Bertz CT molecular complexity index is 1050. The molecular formula is C31H47FN4O5. The molecule has 228 valence electrons. The number of carboxylic acids is 1. The highest BCUT2D eigenvalue weighted by Gasteiger charge is 2.45. The van der Waals surface area contributed by atoms with Gasteiger partial charge in [-0.2, -0.15) is 0 Å². The van der Waals surface area contributed by atoms with Gasteiger partial charge in [0.1, 0.15) is 11.9 Å². The summed E-state index contributed by atoms with van der Waals surface area (Å²) in [5.41, 5.74) is -0.687. The number of carbonyl (C=O) groups excluding carboxylic acids is 2. The molecule has 9 nitrogen and oxygen atoms in total. The largest absolute Gasteiger partial charge is 0.479 e. The zero-order chi connectivity index (χ0) is 29.6. The van der Waals surface area contributed by atoms with Crippen molar-refractivity contribution in [1.29, 1.82) is 0 Å². The Kier molecular flexibility index (Phi) is 10.4. The summed E-state index contributed by atoms with van der Waals surface area (Å²) in [7, 11) is 1.97. The molecular weight excluding hydrogens is 527 g/mol. The SMILES string of the molecule is CN1CCN[C@H](C(=O)N[C@H](Cc2ccc(F)cc2)C(=O)N2CCC(COC(C)(C)C(=O)O)(C3CCCCC3)CC2)C1. The number of carboxylic acid groups (broad SMARTS) is 1. The molecule has 0 spiro atoms. The number of nitrogens with one attached hydrogen (secondary N) is 2. The quantitative estimate of drug-likeness (QED) is 0.394. The number of benzene rings is 1. The molecule has 0 aromatic heterocycles. The molecule has 4 rings (SSSR count). The molecule has 10 heteroatoms. The minimum Gasteiger partial charge on any atom is -0.479 e. The summed E-state index contributed by atoms with van der Waals surface area (Å²) in [6.07, 6.45) is 7.45. The molecule has 3 fully saturated rings. The number of rotatable bonds is 10. The van der Waals surface area contributed by atoms with E-state index in [2.05, 4.69) is 15.5 Å². The number of hydrogen-bond donors (Lipinski definition) is 3. The molecule has 3 N–H and O–H groups in total. The van der Waals surface area contributed by atoms with E-state index in [4.69, 9.17) is 4.74 Å². The second kappa shape index (κ2) is 13.6. The minimum atomic E-state index is -1.28. The van der Waals surface area contributed by atoms with Crippen LogP contribution in [0.2, 0.25) is 0 Å². The molecule has 1 aromatic rings. The molecule has 0 unspecified atom stereocenters. The number of likely N-dealkylation sites (N-methyl/N-ethyl adjacent to an activating group) is 1. The fourth-order valence-corrected chi connectivity index (χ4v) is 6.57. The second-order valence-corrected chi connectivity index (χ2v) is 12.8. The highest BCUT2D eigenvalue weighted by Crippen LogP contribution is 2.46. The van der Waals surface area contributed by atoms with Crippen molar-refractivity contribution >= 4 is 17.8 Å². The highest BCUT2D eigenvalue weighted by atomic mass is 19.1. The van der Waals surface area contributed by atoms with Gasteiger partial charge in [0.05, 0.1) is 12.6 Å². The van der Waals surface area contributed by atoms with E-state index in [9.17, 15) is 23.9 Å². The molecule has 3 aliphatic rings. The normalized spacial score (nSPS) is 23.1.